The lowest BCUT2D eigenvalue weighted by molar-refractivity contribution is -0.119. The minimum absolute atomic E-state index is 0.127. The van der Waals surface area contributed by atoms with E-state index >= 15 is 0 Å². The topological polar surface area (TPSA) is 114 Å². The van der Waals surface area contributed by atoms with Crippen molar-refractivity contribution in [2.75, 3.05) is 19.3 Å². The van der Waals surface area contributed by atoms with Crippen LogP contribution in [0.5, 0.6) is 0 Å². The molecule has 0 aliphatic carbocycles. The van der Waals surface area contributed by atoms with Gasteiger partial charge in [-0.3, -0.25) is 4.79 Å². The number of anilines is 1. The van der Waals surface area contributed by atoms with Crippen LogP contribution in [0.4, 0.5) is 5.82 Å². The maximum Gasteiger partial charge on any atom is 0.244 e. The van der Waals surface area contributed by atoms with E-state index in [-0.39, 0.29) is 17.3 Å². The first-order chi connectivity index (χ1) is 7.86. The summed E-state index contributed by atoms with van der Waals surface area (Å²) < 4.78 is 26.2. The molecule has 0 aliphatic rings. The molecule has 0 spiro atoms. The Balaban J connectivity index is 2.97. The van der Waals surface area contributed by atoms with Crippen molar-refractivity contribution in [1.29, 1.82) is 0 Å². The SMILES string of the molecule is CNC(=O)CNS(=O)(=O)c1cc(Br)cnc1N. The molecule has 1 rings (SSSR count). The molecule has 1 heterocycles. The van der Waals surface area contributed by atoms with Crippen molar-refractivity contribution in [2.24, 2.45) is 0 Å². The Kier molecular flexibility index (Phi) is 4.43. The van der Waals surface area contributed by atoms with Crippen LogP contribution in [-0.4, -0.2) is 32.9 Å². The Hall–Kier alpha value is -1.19. The lowest BCUT2D eigenvalue weighted by atomic mass is 10.5. The predicted octanol–water partition coefficient (Wildman–Crippen LogP) is -0.549. The first kappa shape index (κ1) is 13.9. The van der Waals surface area contributed by atoms with Gasteiger partial charge in [0.25, 0.3) is 0 Å². The second-order valence-electron chi connectivity index (χ2n) is 3.03. The number of rotatable bonds is 4. The number of sulfonamides is 1. The lowest BCUT2D eigenvalue weighted by Gasteiger charge is -2.08. The number of aromatic nitrogens is 1. The quantitative estimate of drug-likeness (QED) is 0.688. The fourth-order valence-corrected chi connectivity index (χ4v) is 2.54. The minimum Gasteiger partial charge on any atom is -0.383 e. The van der Waals surface area contributed by atoms with E-state index in [4.69, 9.17) is 5.73 Å². The first-order valence-corrected chi connectivity index (χ1v) is 6.75. The first-order valence-electron chi connectivity index (χ1n) is 4.48. The molecule has 0 aliphatic heterocycles. The van der Waals surface area contributed by atoms with E-state index in [0.717, 1.165) is 0 Å². The maximum absolute atomic E-state index is 11.8. The van der Waals surface area contributed by atoms with Gasteiger partial charge < -0.3 is 11.1 Å². The number of hydrogen-bond acceptors (Lipinski definition) is 5. The number of amides is 1. The van der Waals surface area contributed by atoms with Gasteiger partial charge in [-0.2, -0.15) is 0 Å². The van der Waals surface area contributed by atoms with Gasteiger partial charge in [-0.15, -0.1) is 0 Å². The zero-order valence-corrected chi connectivity index (χ0v) is 11.3. The number of halogens is 1. The number of pyridine rings is 1. The Morgan fingerprint density at radius 2 is 2.24 bits per heavy atom. The van der Waals surface area contributed by atoms with Crippen LogP contribution in [-0.2, 0) is 14.8 Å². The molecule has 0 aromatic carbocycles. The average molecular weight is 323 g/mol. The normalized spacial score (nSPS) is 11.2. The number of nitrogens with one attached hydrogen (secondary N) is 2. The standard InChI is InChI=1S/C8H11BrN4O3S/c1-11-7(14)4-13-17(15,16)6-2-5(9)3-12-8(6)10/h2-3,13H,4H2,1H3,(H2,10,12)(H,11,14). The fourth-order valence-electron chi connectivity index (χ4n) is 0.973. The third-order valence-corrected chi connectivity index (χ3v) is 3.70. The highest BCUT2D eigenvalue weighted by atomic mass is 79.9. The van der Waals surface area contributed by atoms with Gasteiger partial charge in [0.2, 0.25) is 15.9 Å². The van der Waals surface area contributed by atoms with Crippen LogP contribution in [0.3, 0.4) is 0 Å². The summed E-state index contributed by atoms with van der Waals surface area (Å²) in [6, 6.07) is 1.31. The van der Waals surface area contributed by atoms with Crippen LogP contribution in [0.15, 0.2) is 21.6 Å². The molecule has 1 aromatic rings. The van der Waals surface area contributed by atoms with E-state index in [0.29, 0.717) is 4.47 Å². The van der Waals surface area contributed by atoms with Gasteiger partial charge >= 0.3 is 0 Å². The zero-order chi connectivity index (χ0) is 13.1. The number of carbonyl (C=O) groups is 1. The van der Waals surface area contributed by atoms with E-state index in [1.807, 2.05) is 0 Å². The maximum atomic E-state index is 11.8. The molecule has 9 heteroatoms. The smallest absolute Gasteiger partial charge is 0.244 e. The van der Waals surface area contributed by atoms with Crippen molar-refractivity contribution in [3.05, 3.63) is 16.7 Å². The summed E-state index contributed by atoms with van der Waals surface area (Å²) in [5.41, 5.74) is 5.46. The Bertz CT molecular complexity index is 532. The Morgan fingerprint density at radius 3 is 2.82 bits per heavy atom. The number of hydrogen-bond donors (Lipinski definition) is 3. The van der Waals surface area contributed by atoms with Crippen LogP contribution in [0, 0.1) is 0 Å². The fraction of sp³-hybridized carbons (Fsp3) is 0.250. The molecule has 0 bridgehead atoms. The van der Waals surface area contributed by atoms with Crippen LogP contribution in [0.1, 0.15) is 0 Å². The van der Waals surface area contributed by atoms with Gasteiger partial charge in [0.1, 0.15) is 10.7 Å². The van der Waals surface area contributed by atoms with E-state index in [1.54, 1.807) is 0 Å². The number of nitrogens with two attached hydrogens (primary N) is 1. The van der Waals surface area contributed by atoms with Crippen LogP contribution in [0.25, 0.3) is 0 Å². The van der Waals surface area contributed by atoms with Crippen LogP contribution in [0.2, 0.25) is 0 Å². The van der Waals surface area contributed by atoms with E-state index < -0.39 is 15.9 Å². The van der Waals surface area contributed by atoms with Crippen molar-refractivity contribution in [3.63, 3.8) is 0 Å². The molecule has 0 saturated carbocycles. The van der Waals surface area contributed by atoms with E-state index in [2.05, 4.69) is 31.0 Å². The third kappa shape index (κ3) is 3.65. The number of carbonyl (C=O) groups excluding carboxylic acids is 1. The summed E-state index contributed by atoms with van der Waals surface area (Å²) in [5, 5.41) is 2.29. The molecule has 0 atom stereocenters. The second kappa shape index (κ2) is 5.43. The molecule has 94 valence electrons. The van der Waals surface area contributed by atoms with Gasteiger partial charge in [0.05, 0.1) is 6.54 Å². The summed E-state index contributed by atoms with van der Waals surface area (Å²) in [5.74, 6) is -0.576. The molecule has 0 saturated heterocycles. The highest BCUT2D eigenvalue weighted by Crippen LogP contribution is 2.19. The molecule has 1 amide bonds. The predicted molar refractivity (Wildman–Crippen MR) is 65.6 cm³/mol. The molecular formula is C8H11BrN4O3S. The molecule has 0 unspecified atom stereocenters. The number of nitrogen functional groups attached to an aromatic ring is 1. The average Bonchev–Trinajstić information content (AvgIpc) is 2.29. The van der Waals surface area contributed by atoms with Crippen molar-refractivity contribution >= 4 is 37.7 Å². The summed E-state index contributed by atoms with van der Waals surface area (Å²) in [6.45, 7) is -0.356. The lowest BCUT2D eigenvalue weighted by Crippen LogP contribution is -2.35. The number of nitrogens with zero attached hydrogens (tertiary/aromatic N) is 1. The Labute approximate surface area is 107 Å². The summed E-state index contributed by atoms with van der Waals surface area (Å²) in [4.78, 5) is 14.5. The van der Waals surface area contributed by atoms with Gasteiger partial charge in [0.15, 0.2) is 0 Å². The van der Waals surface area contributed by atoms with E-state index in [1.165, 1.54) is 19.3 Å². The highest BCUT2D eigenvalue weighted by Gasteiger charge is 2.19. The van der Waals surface area contributed by atoms with Gasteiger partial charge in [-0.05, 0) is 22.0 Å². The second-order valence-corrected chi connectivity index (χ2v) is 5.69. The largest absolute Gasteiger partial charge is 0.383 e. The summed E-state index contributed by atoms with van der Waals surface area (Å²) in [6.07, 6.45) is 1.38. The minimum atomic E-state index is -3.85. The van der Waals surface area contributed by atoms with Gasteiger partial charge in [-0.1, -0.05) is 0 Å². The monoisotopic (exact) mass is 322 g/mol. The zero-order valence-electron chi connectivity index (χ0n) is 8.90. The highest BCUT2D eigenvalue weighted by molar-refractivity contribution is 9.10. The van der Waals surface area contributed by atoms with Crippen LogP contribution < -0.4 is 15.8 Å². The molecule has 4 N–H and O–H groups in total. The molecule has 17 heavy (non-hydrogen) atoms. The third-order valence-electron chi connectivity index (χ3n) is 1.84. The van der Waals surface area contributed by atoms with E-state index in [9.17, 15) is 13.2 Å². The summed E-state index contributed by atoms with van der Waals surface area (Å²) >= 11 is 3.09. The van der Waals surface area contributed by atoms with Crippen LogP contribution >= 0.6 is 15.9 Å². The van der Waals surface area contributed by atoms with Crippen molar-refractivity contribution in [1.82, 2.24) is 15.0 Å². The van der Waals surface area contributed by atoms with Crippen molar-refractivity contribution in [2.45, 2.75) is 4.90 Å². The molecule has 7 nitrogen and oxygen atoms in total. The van der Waals surface area contributed by atoms with Crippen molar-refractivity contribution < 1.29 is 13.2 Å². The molecule has 0 fully saturated rings. The van der Waals surface area contributed by atoms with Gasteiger partial charge in [0, 0.05) is 17.7 Å². The molecular weight excluding hydrogens is 312 g/mol. The van der Waals surface area contributed by atoms with Crippen molar-refractivity contribution in [3.8, 4) is 0 Å². The molecule has 0 radical (unpaired) electrons. The summed E-state index contributed by atoms with van der Waals surface area (Å²) in [7, 11) is -2.44. The van der Waals surface area contributed by atoms with Gasteiger partial charge in [-0.25, -0.2) is 18.1 Å². The number of likely N-dealkylation sites (N-methyl/N-ethyl adjacent to an activating group) is 1. The Morgan fingerprint density at radius 1 is 1.59 bits per heavy atom. The molecule has 1 aromatic heterocycles.